The fraction of sp³-hybridized carbons (Fsp3) is 0.481. The summed E-state index contributed by atoms with van der Waals surface area (Å²) in [7, 11) is 3.19. The summed E-state index contributed by atoms with van der Waals surface area (Å²) in [6.07, 6.45) is 2.30. The lowest BCUT2D eigenvalue weighted by Crippen LogP contribution is -2.62. The zero-order chi connectivity index (χ0) is 29.1. The molecule has 1 aromatic rings. The number of nitrogens with two attached hydrogens (primary N) is 1. The molecule has 214 valence electrons. The molecule has 0 radical (unpaired) electrons. The molecular formula is C27H33N5O8. The number of nitrogens with one attached hydrogen (secondary N) is 2. The number of phenols is 1. The monoisotopic (exact) mass is 555 g/mol. The Morgan fingerprint density at radius 2 is 1.75 bits per heavy atom. The number of hydrogen-bond donors (Lipinski definition) is 7. The van der Waals surface area contributed by atoms with E-state index in [1.807, 2.05) is 0 Å². The summed E-state index contributed by atoms with van der Waals surface area (Å²) in [5.41, 5.74) is 6.11. The molecule has 1 fully saturated rings. The molecule has 13 heteroatoms. The molecule has 5 rings (SSSR count). The molecule has 13 nitrogen and oxygen atoms in total. The number of hydrazine groups is 1. The Morgan fingerprint density at radius 1 is 1.07 bits per heavy atom. The highest BCUT2D eigenvalue weighted by molar-refractivity contribution is 6.39. The predicted octanol–water partition coefficient (Wildman–Crippen LogP) is -0.454. The minimum absolute atomic E-state index is 0.000882. The lowest BCUT2D eigenvalue weighted by atomic mass is 9.59. The van der Waals surface area contributed by atoms with Crippen molar-refractivity contribution in [3.05, 3.63) is 45.9 Å². The summed E-state index contributed by atoms with van der Waals surface area (Å²) >= 11 is 0. The summed E-state index contributed by atoms with van der Waals surface area (Å²) in [6.45, 7) is 1.29. The Kier molecular flexibility index (Phi) is 6.84. The van der Waals surface area contributed by atoms with E-state index >= 15 is 0 Å². The zero-order valence-electron chi connectivity index (χ0n) is 22.2. The third-order valence-electron chi connectivity index (χ3n) is 8.56. The van der Waals surface area contributed by atoms with Crippen molar-refractivity contribution in [2.45, 2.75) is 43.7 Å². The van der Waals surface area contributed by atoms with E-state index in [9.17, 15) is 39.6 Å². The number of aromatic hydroxyl groups is 1. The first-order valence-corrected chi connectivity index (χ1v) is 13.2. The number of fused-ring (bicyclic) bond motifs is 3. The van der Waals surface area contributed by atoms with Gasteiger partial charge >= 0.3 is 11.8 Å². The number of rotatable bonds is 4. The van der Waals surface area contributed by atoms with Crippen LogP contribution in [0.25, 0.3) is 0 Å². The van der Waals surface area contributed by atoms with Gasteiger partial charge in [0.2, 0.25) is 0 Å². The molecule has 1 aliphatic heterocycles. The number of anilines is 1. The average molecular weight is 556 g/mol. The lowest BCUT2D eigenvalue weighted by molar-refractivity contribution is -0.139. The van der Waals surface area contributed by atoms with E-state index in [1.165, 1.54) is 11.0 Å². The molecule has 0 spiro atoms. The van der Waals surface area contributed by atoms with Gasteiger partial charge in [-0.05, 0) is 62.9 Å². The molecular weight excluding hydrogens is 522 g/mol. The number of phenolic OH excluding ortho intramolecular Hbond substituents is 1. The number of benzene rings is 1. The van der Waals surface area contributed by atoms with Crippen LogP contribution in [0.5, 0.6) is 5.75 Å². The molecule has 4 aliphatic rings. The van der Waals surface area contributed by atoms with Crippen LogP contribution in [0.15, 0.2) is 34.8 Å². The van der Waals surface area contributed by atoms with E-state index in [0.717, 1.165) is 18.4 Å². The largest absolute Gasteiger partial charge is 0.509 e. The standard InChI is InChI=1S/C27H33N5O8/c1-31(2)19-16-10-13-9-12-5-6-17(29-25(38)26(39)30-32-7-3-4-8-32)20(33)14(12)11-15(13)22(35)27(16,40)23(36)18(21(19)34)24(28)37/h5-6,13,16,19,33,35-36,40H,3-4,7-11H2,1-2H3,(H2,28,37)(H,29,38)(H,30,39)/t13?,16?,19-,27?/m0/s1. The number of ketones is 1. The van der Waals surface area contributed by atoms with Gasteiger partial charge in [0, 0.05) is 31.0 Å². The fourth-order valence-corrected chi connectivity index (χ4v) is 6.61. The van der Waals surface area contributed by atoms with Crippen molar-refractivity contribution < 1.29 is 39.6 Å². The van der Waals surface area contributed by atoms with E-state index in [1.54, 1.807) is 25.2 Å². The summed E-state index contributed by atoms with van der Waals surface area (Å²) < 4.78 is 0. The molecule has 0 saturated carbocycles. The summed E-state index contributed by atoms with van der Waals surface area (Å²) in [5, 5.41) is 49.2. The molecule has 4 atom stereocenters. The van der Waals surface area contributed by atoms with Crippen molar-refractivity contribution in [1.29, 1.82) is 0 Å². The predicted molar refractivity (Wildman–Crippen MR) is 141 cm³/mol. The number of hydrogen-bond acceptors (Lipinski definition) is 10. The van der Waals surface area contributed by atoms with Gasteiger partial charge in [-0.15, -0.1) is 0 Å². The Labute approximate surface area is 229 Å². The Hall–Kier alpha value is -3.94. The highest BCUT2D eigenvalue weighted by Gasteiger charge is 2.61. The van der Waals surface area contributed by atoms with Crippen molar-refractivity contribution in [1.82, 2.24) is 15.3 Å². The first-order valence-electron chi connectivity index (χ1n) is 13.2. The third-order valence-corrected chi connectivity index (χ3v) is 8.56. The highest BCUT2D eigenvalue weighted by atomic mass is 16.4. The minimum Gasteiger partial charge on any atom is -0.509 e. The van der Waals surface area contributed by atoms with Crippen LogP contribution < -0.4 is 16.5 Å². The molecule has 40 heavy (non-hydrogen) atoms. The zero-order valence-corrected chi connectivity index (χ0v) is 22.2. The van der Waals surface area contributed by atoms with Gasteiger partial charge in [0.15, 0.2) is 11.4 Å². The second-order valence-electron chi connectivity index (χ2n) is 11.1. The lowest BCUT2D eigenvalue weighted by Gasteiger charge is -2.50. The van der Waals surface area contributed by atoms with Crippen LogP contribution in [0.3, 0.4) is 0 Å². The molecule has 8 N–H and O–H groups in total. The van der Waals surface area contributed by atoms with E-state index in [-0.39, 0.29) is 30.2 Å². The molecule has 3 unspecified atom stereocenters. The van der Waals surface area contributed by atoms with Crippen molar-refractivity contribution in [3.8, 4) is 5.75 Å². The van der Waals surface area contributed by atoms with Crippen molar-refractivity contribution >= 4 is 29.2 Å². The number of nitrogens with zero attached hydrogens (tertiary/aromatic N) is 2. The Morgan fingerprint density at radius 3 is 2.38 bits per heavy atom. The smallest absolute Gasteiger partial charge is 0.323 e. The van der Waals surface area contributed by atoms with Gasteiger partial charge in [0.05, 0.1) is 11.7 Å². The van der Waals surface area contributed by atoms with E-state index in [4.69, 9.17) is 5.73 Å². The molecule has 0 bridgehead atoms. The van der Waals surface area contributed by atoms with E-state index in [0.29, 0.717) is 30.6 Å². The SMILES string of the molecule is CN(C)[C@@H]1C(=O)C(C(N)=O)=C(O)C2(O)C(O)=C3Cc4c(ccc(NC(=O)C(=O)NN5CCCC5)c4O)CC3CC12. The molecule has 1 aromatic carbocycles. The van der Waals surface area contributed by atoms with Gasteiger partial charge in [-0.2, -0.15) is 0 Å². The van der Waals surface area contributed by atoms with Crippen LogP contribution >= 0.6 is 0 Å². The number of allylic oxidation sites excluding steroid dienone is 1. The molecule has 3 aliphatic carbocycles. The highest BCUT2D eigenvalue weighted by Crippen LogP contribution is 2.53. The maximum atomic E-state index is 13.1. The number of carbonyl (C=O) groups is 4. The van der Waals surface area contributed by atoms with Crippen LogP contribution in [0.2, 0.25) is 0 Å². The number of amides is 3. The van der Waals surface area contributed by atoms with Crippen molar-refractivity contribution in [2.75, 3.05) is 32.5 Å². The van der Waals surface area contributed by atoms with Crippen LogP contribution in [-0.2, 0) is 32.0 Å². The number of aliphatic hydroxyl groups is 3. The maximum absolute atomic E-state index is 13.1. The second kappa shape index (κ2) is 9.91. The topological polar surface area (TPSA) is 206 Å². The Bertz CT molecular complexity index is 1380. The average Bonchev–Trinajstić information content (AvgIpc) is 3.40. The number of aliphatic hydroxyl groups excluding tert-OH is 2. The van der Waals surface area contributed by atoms with Crippen LogP contribution in [-0.4, -0.2) is 92.7 Å². The first-order chi connectivity index (χ1) is 18.9. The van der Waals surface area contributed by atoms with Gasteiger partial charge in [-0.3, -0.25) is 29.5 Å². The fourth-order valence-electron chi connectivity index (χ4n) is 6.61. The third kappa shape index (κ3) is 4.21. The quantitative estimate of drug-likeness (QED) is 0.145. The first kappa shape index (κ1) is 27.6. The number of carbonyl (C=O) groups excluding carboxylic acids is 4. The van der Waals surface area contributed by atoms with Gasteiger partial charge < -0.3 is 31.5 Å². The number of likely N-dealkylation sites (N-methyl/N-ethyl adjacent to an activating group) is 1. The number of Topliss-reactive ketones (excluding diaryl/α,β-unsaturated/α-hetero) is 1. The van der Waals surface area contributed by atoms with Crippen molar-refractivity contribution in [3.63, 3.8) is 0 Å². The van der Waals surface area contributed by atoms with Gasteiger partial charge in [-0.25, -0.2) is 5.01 Å². The minimum atomic E-state index is -2.44. The number of primary amides is 1. The van der Waals surface area contributed by atoms with Gasteiger partial charge in [-0.1, -0.05) is 6.07 Å². The molecule has 1 heterocycles. The normalized spacial score (nSPS) is 28.2. The van der Waals surface area contributed by atoms with Gasteiger partial charge in [0.25, 0.3) is 5.91 Å². The van der Waals surface area contributed by atoms with E-state index in [2.05, 4.69) is 10.7 Å². The molecule has 0 aromatic heterocycles. The second-order valence-corrected chi connectivity index (χ2v) is 11.1. The van der Waals surface area contributed by atoms with Gasteiger partial charge in [0.1, 0.15) is 22.8 Å². The van der Waals surface area contributed by atoms with Crippen LogP contribution in [0, 0.1) is 11.8 Å². The van der Waals surface area contributed by atoms with Crippen molar-refractivity contribution in [2.24, 2.45) is 17.6 Å². The van der Waals surface area contributed by atoms with E-state index < -0.39 is 58.2 Å². The van der Waals surface area contributed by atoms with Crippen LogP contribution in [0.1, 0.15) is 30.4 Å². The summed E-state index contributed by atoms with van der Waals surface area (Å²) in [5.74, 6) is -6.98. The summed E-state index contributed by atoms with van der Waals surface area (Å²) in [6, 6.07) is 2.16. The Balaban J connectivity index is 1.48. The van der Waals surface area contributed by atoms with Crippen LogP contribution in [0.4, 0.5) is 5.69 Å². The maximum Gasteiger partial charge on any atom is 0.323 e. The molecule has 3 amide bonds. The molecule has 1 saturated heterocycles. The summed E-state index contributed by atoms with van der Waals surface area (Å²) in [4.78, 5) is 51.5.